The zero-order chi connectivity index (χ0) is 18.4. The average Bonchev–Trinajstić information content (AvgIpc) is 2.51. The Kier molecular flexibility index (Phi) is 5.93. The maximum absolute atomic E-state index is 12.2. The molecule has 0 spiro atoms. The number of aromatic nitrogens is 2. The Morgan fingerprint density at radius 3 is 2.76 bits per heavy atom. The normalized spacial score (nSPS) is 11.3. The van der Waals surface area contributed by atoms with E-state index >= 15 is 0 Å². The van der Waals surface area contributed by atoms with Crippen molar-refractivity contribution in [2.45, 2.75) is 38.7 Å². The van der Waals surface area contributed by atoms with Crippen LogP contribution in [0.2, 0.25) is 0 Å². The van der Waals surface area contributed by atoms with Gasteiger partial charge >= 0.3 is 0 Å². The first-order chi connectivity index (χ1) is 11.7. The molecule has 2 aromatic rings. The first kappa shape index (κ1) is 18.7. The number of aliphatic hydroxyl groups is 1. The summed E-state index contributed by atoms with van der Waals surface area (Å²) in [4.78, 5) is 30.2. The van der Waals surface area contributed by atoms with Gasteiger partial charge in [-0.3, -0.25) is 9.59 Å². The molecule has 1 aromatic heterocycles. The van der Waals surface area contributed by atoms with Gasteiger partial charge in [-0.1, -0.05) is 12.1 Å². The molecule has 0 radical (unpaired) electrons. The molecule has 7 nitrogen and oxygen atoms in total. The van der Waals surface area contributed by atoms with Crippen LogP contribution in [0.15, 0.2) is 35.1 Å². The third kappa shape index (κ3) is 6.39. The van der Waals surface area contributed by atoms with E-state index in [1.165, 1.54) is 6.07 Å². The largest absolute Gasteiger partial charge is 0.390 e. The van der Waals surface area contributed by atoms with Gasteiger partial charge in [-0.25, -0.2) is 4.98 Å². The number of anilines is 1. The molecule has 1 amide bonds. The minimum Gasteiger partial charge on any atom is -0.390 e. The number of amides is 1. The summed E-state index contributed by atoms with van der Waals surface area (Å²) in [5.41, 5.74) is 6.03. The van der Waals surface area contributed by atoms with Crippen molar-refractivity contribution >= 4 is 11.7 Å². The van der Waals surface area contributed by atoms with E-state index in [2.05, 4.69) is 15.3 Å². The second-order valence-electron chi connectivity index (χ2n) is 6.64. The molecule has 1 heterocycles. The molecule has 0 fully saturated rings. The van der Waals surface area contributed by atoms with Crippen molar-refractivity contribution in [1.29, 1.82) is 0 Å². The Morgan fingerprint density at radius 1 is 1.32 bits per heavy atom. The minimum atomic E-state index is -0.736. The highest BCUT2D eigenvalue weighted by Gasteiger charge is 2.13. The fourth-order valence-corrected chi connectivity index (χ4v) is 2.36. The van der Waals surface area contributed by atoms with Crippen LogP contribution in [0.5, 0.6) is 0 Å². The van der Waals surface area contributed by atoms with E-state index in [9.17, 15) is 14.7 Å². The highest BCUT2D eigenvalue weighted by Crippen LogP contribution is 2.14. The lowest BCUT2D eigenvalue weighted by Gasteiger charge is -2.16. The zero-order valence-electron chi connectivity index (χ0n) is 14.5. The first-order valence-electron chi connectivity index (χ1n) is 8.18. The van der Waals surface area contributed by atoms with E-state index in [0.717, 1.165) is 5.56 Å². The van der Waals surface area contributed by atoms with Crippen molar-refractivity contribution < 1.29 is 9.90 Å². The number of benzene rings is 1. The molecule has 7 heteroatoms. The third-order valence-corrected chi connectivity index (χ3v) is 3.67. The number of nitrogens with one attached hydrogen (secondary N) is 2. The lowest BCUT2D eigenvalue weighted by Crippen LogP contribution is -2.27. The predicted molar refractivity (Wildman–Crippen MR) is 96.4 cm³/mol. The molecule has 0 aliphatic carbocycles. The summed E-state index contributed by atoms with van der Waals surface area (Å²) < 4.78 is 0. The molecular formula is C18H24N4O3. The molecule has 0 atom stereocenters. The molecular weight excluding hydrogens is 320 g/mol. The number of rotatable bonds is 7. The van der Waals surface area contributed by atoms with Crippen molar-refractivity contribution in [3.05, 3.63) is 57.6 Å². The Hall–Kier alpha value is -2.67. The van der Waals surface area contributed by atoms with E-state index < -0.39 is 5.60 Å². The number of carbonyl (C=O) groups is 1. The lowest BCUT2D eigenvalue weighted by atomic mass is 9.98. The standard InChI is InChI=1S/C18H24N4O3/c1-18(2,25)8-6-12-4-3-5-13(10-12)17(24)20-9-7-15-21-14(19)11-16(23)22-15/h3-5,10-11,25H,6-9H2,1-2H3,(H,20,24)(H3,19,21,22,23). The minimum absolute atomic E-state index is 0.157. The van der Waals surface area contributed by atoms with Crippen LogP contribution in [-0.4, -0.2) is 33.1 Å². The maximum Gasteiger partial charge on any atom is 0.252 e. The van der Waals surface area contributed by atoms with Crippen LogP contribution in [0.1, 0.15) is 42.0 Å². The quantitative estimate of drug-likeness (QED) is 0.598. The van der Waals surface area contributed by atoms with Crippen LogP contribution in [0.3, 0.4) is 0 Å². The lowest BCUT2D eigenvalue weighted by molar-refractivity contribution is 0.0714. The van der Waals surface area contributed by atoms with E-state index in [4.69, 9.17) is 5.73 Å². The number of aromatic amines is 1. The Labute approximate surface area is 146 Å². The first-order valence-corrected chi connectivity index (χ1v) is 8.18. The van der Waals surface area contributed by atoms with E-state index in [0.29, 0.717) is 37.2 Å². The van der Waals surface area contributed by atoms with Gasteiger partial charge in [0.1, 0.15) is 11.6 Å². The Bertz CT molecular complexity index is 793. The number of hydrogen-bond acceptors (Lipinski definition) is 5. The van der Waals surface area contributed by atoms with Crippen LogP contribution < -0.4 is 16.6 Å². The second kappa shape index (κ2) is 7.94. The van der Waals surface area contributed by atoms with E-state index in [1.807, 2.05) is 18.2 Å². The zero-order valence-corrected chi connectivity index (χ0v) is 14.5. The van der Waals surface area contributed by atoms with Gasteiger partial charge in [-0.05, 0) is 44.4 Å². The summed E-state index contributed by atoms with van der Waals surface area (Å²) in [6, 6.07) is 8.53. The molecule has 0 aliphatic rings. The van der Waals surface area contributed by atoms with Gasteiger partial charge in [0.25, 0.3) is 11.5 Å². The maximum atomic E-state index is 12.2. The molecule has 134 valence electrons. The monoisotopic (exact) mass is 344 g/mol. The van der Waals surface area contributed by atoms with Gasteiger partial charge in [0, 0.05) is 24.6 Å². The Balaban J connectivity index is 1.91. The van der Waals surface area contributed by atoms with Crippen molar-refractivity contribution in [2.24, 2.45) is 0 Å². The fraction of sp³-hybridized carbons (Fsp3) is 0.389. The molecule has 0 saturated carbocycles. The molecule has 2 rings (SSSR count). The highest BCUT2D eigenvalue weighted by molar-refractivity contribution is 5.94. The summed E-state index contributed by atoms with van der Waals surface area (Å²) in [5.74, 6) is 0.394. The number of nitrogen functional groups attached to an aromatic ring is 1. The molecule has 0 bridgehead atoms. The number of nitrogens with zero attached hydrogens (tertiary/aromatic N) is 1. The molecule has 0 aliphatic heterocycles. The molecule has 0 unspecified atom stereocenters. The second-order valence-corrected chi connectivity index (χ2v) is 6.64. The van der Waals surface area contributed by atoms with Gasteiger partial charge < -0.3 is 21.1 Å². The van der Waals surface area contributed by atoms with Gasteiger partial charge in [0.05, 0.1) is 5.60 Å². The van der Waals surface area contributed by atoms with Crippen molar-refractivity contribution in [3.63, 3.8) is 0 Å². The van der Waals surface area contributed by atoms with E-state index in [-0.39, 0.29) is 17.3 Å². The molecule has 0 saturated heterocycles. The highest BCUT2D eigenvalue weighted by atomic mass is 16.3. The number of carbonyl (C=O) groups excluding carboxylic acids is 1. The van der Waals surface area contributed by atoms with Gasteiger partial charge in [0.15, 0.2) is 0 Å². The van der Waals surface area contributed by atoms with Crippen LogP contribution >= 0.6 is 0 Å². The van der Waals surface area contributed by atoms with Gasteiger partial charge in [0.2, 0.25) is 0 Å². The van der Waals surface area contributed by atoms with Crippen LogP contribution in [0.4, 0.5) is 5.82 Å². The van der Waals surface area contributed by atoms with E-state index in [1.54, 1.807) is 19.9 Å². The molecule has 25 heavy (non-hydrogen) atoms. The Morgan fingerprint density at radius 2 is 2.08 bits per heavy atom. The van der Waals surface area contributed by atoms with Crippen molar-refractivity contribution in [1.82, 2.24) is 15.3 Å². The van der Waals surface area contributed by atoms with Crippen molar-refractivity contribution in [2.75, 3.05) is 12.3 Å². The van der Waals surface area contributed by atoms with Crippen molar-refractivity contribution in [3.8, 4) is 0 Å². The van der Waals surface area contributed by atoms with Gasteiger partial charge in [-0.15, -0.1) is 0 Å². The van der Waals surface area contributed by atoms with Crippen LogP contribution in [-0.2, 0) is 12.8 Å². The number of aryl methyl sites for hydroxylation is 1. The van der Waals surface area contributed by atoms with Crippen LogP contribution in [0, 0.1) is 0 Å². The van der Waals surface area contributed by atoms with Gasteiger partial charge in [-0.2, -0.15) is 0 Å². The van der Waals surface area contributed by atoms with Crippen LogP contribution in [0.25, 0.3) is 0 Å². The summed E-state index contributed by atoms with van der Waals surface area (Å²) in [6.07, 6.45) is 1.69. The topological polar surface area (TPSA) is 121 Å². The summed E-state index contributed by atoms with van der Waals surface area (Å²) in [6.45, 7) is 3.86. The SMILES string of the molecule is CC(C)(O)CCc1cccc(C(=O)NCCc2nc(N)cc(=O)[nH]2)c1. The average molecular weight is 344 g/mol. The smallest absolute Gasteiger partial charge is 0.252 e. The number of nitrogens with two attached hydrogens (primary N) is 1. The summed E-state index contributed by atoms with van der Waals surface area (Å²) >= 11 is 0. The number of hydrogen-bond donors (Lipinski definition) is 4. The third-order valence-electron chi connectivity index (χ3n) is 3.67. The molecule has 5 N–H and O–H groups in total. The fourth-order valence-electron chi connectivity index (χ4n) is 2.36. The summed E-state index contributed by atoms with van der Waals surface area (Å²) in [5, 5.41) is 12.6. The number of H-pyrrole nitrogens is 1. The molecule has 1 aromatic carbocycles. The summed E-state index contributed by atoms with van der Waals surface area (Å²) in [7, 11) is 0. The predicted octanol–water partition coefficient (Wildman–Crippen LogP) is 1.03.